The second-order valence-electron chi connectivity index (χ2n) is 6.92. The van der Waals surface area contributed by atoms with Crippen LogP contribution in [0, 0.1) is 0 Å². The molecule has 0 aliphatic carbocycles. The van der Waals surface area contributed by atoms with Gasteiger partial charge >= 0.3 is 0 Å². The number of para-hydroxylation sites is 1. The highest BCUT2D eigenvalue weighted by Gasteiger charge is 2.16. The third-order valence-corrected chi connectivity index (χ3v) is 6.83. The molecular formula is C22H20N6O2S2. The number of thiazole rings is 1. The molecule has 0 aliphatic heterocycles. The van der Waals surface area contributed by atoms with Crippen molar-refractivity contribution in [2.75, 3.05) is 23.0 Å². The van der Waals surface area contributed by atoms with E-state index in [4.69, 9.17) is 5.73 Å². The Labute approximate surface area is 192 Å². The molecule has 162 valence electrons. The third kappa shape index (κ3) is 5.04. The Balaban J connectivity index is 1.46. The summed E-state index contributed by atoms with van der Waals surface area (Å²) >= 11 is 2.78. The molecule has 0 saturated heterocycles. The van der Waals surface area contributed by atoms with E-state index in [9.17, 15) is 9.59 Å². The van der Waals surface area contributed by atoms with Crippen LogP contribution in [0.15, 0.2) is 66.0 Å². The van der Waals surface area contributed by atoms with Gasteiger partial charge < -0.3 is 16.0 Å². The highest BCUT2D eigenvalue weighted by molar-refractivity contribution is 8.00. The van der Waals surface area contributed by atoms with Crippen LogP contribution in [0.1, 0.15) is 15.9 Å². The lowest BCUT2D eigenvalue weighted by atomic mass is 10.1. The zero-order chi connectivity index (χ0) is 22.5. The standard InChI is InChI=1S/C22H20N6O2S2/c1-28(11-14-7-3-2-4-8-14)22-27-20-18(32-22)21(25-13-24-20)31-12-17(29)26-16-10-6-5-9-15(16)19(23)30/h2-10,13H,11-12H2,1H3,(H2,23,30)(H,26,29). The van der Waals surface area contributed by atoms with Gasteiger partial charge in [-0.2, -0.15) is 4.98 Å². The first-order valence-electron chi connectivity index (χ1n) is 9.69. The number of benzene rings is 2. The first kappa shape index (κ1) is 21.7. The second-order valence-corrected chi connectivity index (χ2v) is 8.86. The van der Waals surface area contributed by atoms with Crippen molar-refractivity contribution in [2.45, 2.75) is 11.6 Å². The average molecular weight is 465 g/mol. The summed E-state index contributed by atoms with van der Waals surface area (Å²) in [6, 6.07) is 16.8. The number of rotatable bonds is 8. The van der Waals surface area contributed by atoms with Crippen LogP contribution in [-0.2, 0) is 11.3 Å². The van der Waals surface area contributed by atoms with Crippen LogP contribution < -0.4 is 16.0 Å². The van der Waals surface area contributed by atoms with Gasteiger partial charge in [-0.25, -0.2) is 9.97 Å². The van der Waals surface area contributed by atoms with Crippen molar-refractivity contribution >= 4 is 56.1 Å². The average Bonchev–Trinajstić information content (AvgIpc) is 3.24. The second kappa shape index (κ2) is 9.75. The largest absolute Gasteiger partial charge is 0.366 e. The van der Waals surface area contributed by atoms with Crippen LogP contribution in [0.4, 0.5) is 10.8 Å². The van der Waals surface area contributed by atoms with Crippen LogP contribution in [0.2, 0.25) is 0 Å². The Morgan fingerprint density at radius 2 is 1.84 bits per heavy atom. The number of hydrogen-bond donors (Lipinski definition) is 2. The first-order valence-corrected chi connectivity index (χ1v) is 11.5. The maximum absolute atomic E-state index is 12.5. The number of carbonyl (C=O) groups is 2. The number of amides is 2. The Bertz CT molecular complexity index is 1260. The van der Waals surface area contributed by atoms with Crippen molar-refractivity contribution in [3.63, 3.8) is 0 Å². The molecule has 2 heterocycles. The van der Waals surface area contributed by atoms with Crippen molar-refractivity contribution in [2.24, 2.45) is 5.73 Å². The molecule has 0 bridgehead atoms. The molecule has 4 rings (SSSR count). The van der Waals surface area contributed by atoms with Gasteiger partial charge in [-0.1, -0.05) is 65.6 Å². The van der Waals surface area contributed by atoms with E-state index >= 15 is 0 Å². The SMILES string of the molecule is CN(Cc1ccccc1)c1nc2ncnc(SCC(=O)Nc3ccccc3C(N)=O)c2s1. The van der Waals surface area contributed by atoms with E-state index < -0.39 is 5.91 Å². The Hall–Kier alpha value is -3.50. The molecule has 2 amide bonds. The van der Waals surface area contributed by atoms with Gasteiger partial charge in [0.15, 0.2) is 10.8 Å². The summed E-state index contributed by atoms with van der Waals surface area (Å²) < 4.78 is 0.831. The van der Waals surface area contributed by atoms with Crippen LogP contribution in [0.25, 0.3) is 10.3 Å². The summed E-state index contributed by atoms with van der Waals surface area (Å²) in [4.78, 5) is 39.3. The van der Waals surface area contributed by atoms with Crippen molar-refractivity contribution in [3.05, 3.63) is 72.1 Å². The predicted octanol–water partition coefficient (Wildman–Crippen LogP) is 3.55. The maximum Gasteiger partial charge on any atom is 0.250 e. The smallest absolute Gasteiger partial charge is 0.250 e. The zero-order valence-electron chi connectivity index (χ0n) is 17.2. The van der Waals surface area contributed by atoms with Crippen LogP contribution in [-0.4, -0.2) is 39.6 Å². The summed E-state index contributed by atoms with van der Waals surface area (Å²) in [6.45, 7) is 0.720. The van der Waals surface area contributed by atoms with Crippen molar-refractivity contribution in [3.8, 4) is 0 Å². The fourth-order valence-electron chi connectivity index (χ4n) is 3.04. The monoisotopic (exact) mass is 464 g/mol. The summed E-state index contributed by atoms with van der Waals surface area (Å²) in [5.74, 6) is -0.740. The van der Waals surface area contributed by atoms with Gasteiger partial charge in [0.25, 0.3) is 5.91 Å². The van der Waals surface area contributed by atoms with Crippen molar-refractivity contribution in [1.29, 1.82) is 0 Å². The Kier molecular flexibility index (Phi) is 6.62. The van der Waals surface area contributed by atoms with E-state index in [2.05, 4.69) is 37.3 Å². The van der Waals surface area contributed by atoms with Gasteiger partial charge in [0.2, 0.25) is 5.91 Å². The number of hydrogen-bond acceptors (Lipinski definition) is 8. The van der Waals surface area contributed by atoms with E-state index in [0.717, 1.165) is 16.4 Å². The van der Waals surface area contributed by atoms with Gasteiger partial charge in [-0.15, -0.1) is 0 Å². The molecule has 2 aromatic carbocycles. The summed E-state index contributed by atoms with van der Waals surface area (Å²) in [7, 11) is 1.98. The minimum Gasteiger partial charge on any atom is -0.366 e. The molecule has 0 radical (unpaired) electrons. The lowest BCUT2D eigenvalue weighted by molar-refractivity contribution is -0.113. The van der Waals surface area contributed by atoms with Gasteiger partial charge in [0.05, 0.1) is 17.0 Å². The molecule has 32 heavy (non-hydrogen) atoms. The van der Waals surface area contributed by atoms with Crippen LogP contribution in [0.5, 0.6) is 0 Å². The fraction of sp³-hybridized carbons (Fsp3) is 0.136. The molecule has 0 spiro atoms. The molecule has 0 unspecified atom stereocenters. The van der Waals surface area contributed by atoms with Gasteiger partial charge in [-0.3, -0.25) is 9.59 Å². The van der Waals surface area contributed by atoms with Gasteiger partial charge in [0, 0.05) is 13.6 Å². The van der Waals surface area contributed by atoms with Gasteiger partial charge in [0.1, 0.15) is 16.1 Å². The highest BCUT2D eigenvalue weighted by Crippen LogP contribution is 2.33. The number of thioether (sulfide) groups is 1. The molecule has 4 aromatic rings. The van der Waals surface area contributed by atoms with Crippen molar-refractivity contribution < 1.29 is 9.59 Å². The molecule has 3 N–H and O–H groups in total. The lowest BCUT2D eigenvalue weighted by Crippen LogP contribution is -2.19. The third-order valence-electron chi connectivity index (χ3n) is 4.54. The Morgan fingerprint density at radius 1 is 1.09 bits per heavy atom. The summed E-state index contributed by atoms with van der Waals surface area (Å²) in [6.07, 6.45) is 1.45. The number of nitrogens with one attached hydrogen (secondary N) is 1. The molecule has 2 aromatic heterocycles. The molecular weight excluding hydrogens is 444 g/mol. The number of primary amides is 1. The maximum atomic E-state index is 12.5. The number of carbonyl (C=O) groups excluding carboxylic acids is 2. The quantitative estimate of drug-likeness (QED) is 0.303. The highest BCUT2D eigenvalue weighted by atomic mass is 32.2. The summed E-state index contributed by atoms with van der Waals surface area (Å²) in [5, 5.41) is 4.25. The number of nitrogens with zero attached hydrogens (tertiary/aromatic N) is 4. The normalized spacial score (nSPS) is 10.8. The van der Waals surface area contributed by atoms with E-state index in [1.54, 1.807) is 24.3 Å². The fourth-order valence-corrected chi connectivity index (χ4v) is 4.89. The van der Waals surface area contributed by atoms with E-state index in [-0.39, 0.29) is 17.2 Å². The van der Waals surface area contributed by atoms with Crippen LogP contribution in [0.3, 0.4) is 0 Å². The predicted molar refractivity (Wildman–Crippen MR) is 128 cm³/mol. The zero-order valence-corrected chi connectivity index (χ0v) is 18.8. The van der Waals surface area contributed by atoms with E-state index in [1.807, 2.05) is 25.2 Å². The number of fused-ring (bicyclic) bond motifs is 1. The Morgan fingerprint density at radius 3 is 2.62 bits per heavy atom. The minimum absolute atomic E-state index is 0.117. The molecule has 0 aliphatic rings. The summed E-state index contributed by atoms with van der Waals surface area (Å²) in [5.41, 5.74) is 7.81. The van der Waals surface area contributed by atoms with E-state index in [0.29, 0.717) is 16.4 Å². The van der Waals surface area contributed by atoms with Gasteiger partial charge in [-0.05, 0) is 17.7 Å². The topological polar surface area (TPSA) is 114 Å². The molecule has 10 heteroatoms. The van der Waals surface area contributed by atoms with E-state index in [1.165, 1.54) is 35.0 Å². The first-order chi connectivity index (χ1) is 15.5. The number of nitrogens with two attached hydrogens (primary N) is 1. The number of anilines is 2. The number of aromatic nitrogens is 3. The van der Waals surface area contributed by atoms with Crippen LogP contribution >= 0.6 is 23.1 Å². The molecule has 8 nitrogen and oxygen atoms in total. The van der Waals surface area contributed by atoms with Crippen molar-refractivity contribution in [1.82, 2.24) is 15.0 Å². The molecule has 0 atom stereocenters. The lowest BCUT2D eigenvalue weighted by Gasteiger charge is -2.15. The minimum atomic E-state index is -0.595. The molecule has 0 saturated carbocycles. The molecule has 0 fully saturated rings.